The average molecular weight is 352 g/mol. The van der Waals surface area contributed by atoms with Crippen LogP contribution in [0.25, 0.3) is 0 Å². The molecule has 136 valence electrons. The van der Waals surface area contributed by atoms with Crippen LogP contribution in [0.1, 0.15) is 36.5 Å². The van der Waals surface area contributed by atoms with Crippen molar-refractivity contribution in [2.75, 3.05) is 13.7 Å². The maximum atomic E-state index is 12.5. The average Bonchev–Trinajstić information content (AvgIpc) is 3.03. The molecule has 25 heavy (non-hydrogen) atoms. The van der Waals surface area contributed by atoms with Crippen LogP contribution in [0.2, 0.25) is 0 Å². The highest BCUT2D eigenvalue weighted by atomic mass is 16.6. The summed E-state index contributed by atoms with van der Waals surface area (Å²) in [4.78, 5) is 34.1. The van der Waals surface area contributed by atoms with Crippen molar-refractivity contribution in [3.05, 3.63) is 27.8 Å². The number of ether oxygens (including phenoxy) is 2. The highest BCUT2D eigenvalue weighted by molar-refractivity contribution is 5.99. The fourth-order valence-electron chi connectivity index (χ4n) is 2.91. The number of nitro benzene ring substituents is 1. The lowest BCUT2D eigenvalue weighted by Gasteiger charge is -2.15. The van der Waals surface area contributed by atoms with Gasteiger partial charge in [0, 0.05) is 12.1 Å². The third-order valence-electron chi connectivity index (χ3n) is 4.14. The van der Waals surface area contributed by atoms with E-state index < -0.39 is 28.4 Å². The summed E-state index contributed by atoms with van der Waals surface area (Å²) in [5.74, 6) is -1.64. The molecule has 9 heteroatoms. The van der Waals surface area contributed by atoms with Crippen molar-refractivity contribution >= 4 is 17.6 Å². The minimum atomic E-state index is -0.897. The van der Waals surface area contributed by atoms with E-state index in [2.05, 4.69) is 5.32 Å². The van der Waals surface area contributed by atoms with Gasteiger partial charge in [0.15, 0.2) is 11.5 Å². The summed E-state index contributed by atoms with van der Waals surface area (Å²) in [6.45, 7) is 2.04. The molecule has 0 aliphatic heterocycles. The van der Waals surface area contributed by atoms with Crippen molar-refractivity contribution in [2.45, 2.75) is 32.2 Å². The number of nitrogens with zero attached hydrogens (tertiary/aromatic N) is 1. The van der Waals surface area contributed by atoms with Crippen molar-refractivity contribution < 1.29 is 29.1 Å². The Kier molecular flexibility index (Phi) is 5.79. The molecule has 1 aromatic carbocycles. The maximum Gasteiger partial charge on any atom is 0.306 e. The van der Waals surface area contributed by atoms with Crippen LogP contribution in [-0.4, -0.2) is 41.7 Å². The second-order valence-corrected chi connectivity index (χ2v) is 5.73. The Hall–Kier alpha value is -2.84. The van der Waals surface area contributed by atoms with Crippen LogP contribution in [0.15, 0.2) is 12.1 Å². The monoisotopic (exact) mass is 352 g/mol. The molecule has 2 atom stereocenters. The van der Waals surface area contributed by atoms with E-state index in [4.69, 9.17) is 14.6 Å². The first-order valence-electron chi connectivity index (χ1n) is 7.90. The largest absolute Gasteiger partial charge is 0.493 e. The third-order valence-corrected chi connectivity index (χ3v) is 4.14. The Morgan fingerprint density at radius 2 is 2.08 bits per heavy atom. The molecule has 0 spiro atoms. The highest BCUT2D eigenvalue weighted by Crippen LogP contribution is 2.35. The van der Waals surface area contributed by atoms with Crippen LogP contribution in [0.5, 0.6) is 11.5 Å². The number of carbonyl (C=O) groups is 2. The van der Waals surface area contributed by atoms with Gasteiger partial charge in [-0.3, -0.25) is 19.7 Å². The number of rotatable bonds is 7. The summed E-state index contributed by atoms with van der Waals surface area (Å²) in [7, 11) is 1.35. The third kappa shape index (κ3) is 4.17. The van der Waals surface area contributed by atoms with Crippen molar-refractivity contribution in [1.82, 2.24) is 5.32 Å². The van der Waals surface area contributed by atoms with Gasteiger partial charge in [-0.2, -0.15) is 0 Å². The minimum Gasteiger partial charge on any atom is -0.493 e. The van der Waals surface area contributed by atoms with Crippen LogP contribution in [-0.2, 0) is 4.79 Å². The van der Waals surface area contributed by atoms with Crippen molar-refractivity contribution in [3.63, 3.8) is 0 Å². The molecule has 1 aliphatic rings. The standard InChI is InChI=1S/C16H20N2O7/c1-3-25-14-7-11(12(18(22)23)8-13(14)24-2)15(19)17-10-5-4-9(6-10)16(20)21/h7-10H,3-6H2,1-2H3,(H,17,19)(H,20,21)/t9-,10+/m1/s1. The van der Waals surface area contributed by atoms with Crippen molar-refractivity contribution in [1.29, 1.82) is 0 Å². The molecule has 0 unspecified atom stereocenters. The Balaban J connectivity index is 2.26. The second-order valence-electron chi connectivity index (χ2n) is 5.73. The number of hydrogen-bond donors (Lipinski definition) is 2. The fourth-order valence-corrected chi connectivity index (χ4v) is 2.91. The lowest BCUT2D eigenvalue weighted by atomic mass is 10.1. The molecule has 0 heterocycles. The van der Waals surface area contributed by atoms with Gasteiger partial charge in [0.1, 0.15) is 5.56 Å². The molecular weight excluding hydrogens is 332 g/mol. The number of benzene rings is 1. The first kappa shape index (κ1) is 18.5. The van der Waals surface area contributed by atoms with Gasteiger partial charge < -0.3 is 19.9 Å². The summed E-state index contributed by atoms with van der Waals surface area (Å²) in [5, 5.41) is 23.0. The zero-order chi connectivity index (χ0) is 18.6. The first-order valence-corrected chi connectivity index (χ1v) is 7.90. The molecule has 0 aromatic heterocycles. The number of amides is 1. The van der Waals surface area contributed by atoms with E-state index in [1.807, 2.05) is 0 Å². The van der Waals surface area contributed by atoms with E-state index in [1.165, 1.54) is 13.2 Å². The zero-order valence-corrected chi connectivity index (χ0v) is 14.0. The van der Waals surface area contributed by atoms with Crippen LogP contribution in [0.4, 0.5) is 5.69 Å². The molecule has 2 rings (SSSR count). The maximum absolute atomic E-state index is 12.5. The number of nitrogens with one attached hydrogen (secondary N) is 1. The summed E-state index contributed by atoms with van der Waals surface area (Å²) in [6, 6.07) is 2.10. The van der Waals surface area contributed by atoms with Crippen LogP contribution >= 0.6 is 0 Å². The molecule has 1 saturated carbocycles. The Morgan fingerprint density at radius 1 is 1.36 bits per heavy atom. The van der Waals surface area contributed by atoms with E-state index in [0.29, 0.717) is 25.9 Å². The molecule has 1 amide bonds. The van der Waals surface area contributed by atoms with Crippen LogP contribution in [0, 0.1) is 16.0 Å². The molecule has 1 aromatic rings. The summed E-state index contributed by atoms with van der Waals surface area (Å²) >= 11 is 0. The number of carboxylic acid groups (broad SMARTS) is 1. The lowest BCUT2D eigenvalue weighted by molar-refractivity contribution is -0.385. The highest BCUT2D eigenvalue weighted by Gasteiger charge is 2.32. The van der Waals surface area contributed by atoms with Gasteiger partial charge in [0.05, 0.1) is 30.6 Å². The number of carbonyl (C=O) groups excluding carboxylic acids is 1. The van der Waals surface area contributed by atoms with Gasteiger partial charge in [0.2, 0.25) is 0 Å². The second kappa shape index (κ2) is 7.82. The summed E-state index contributed by atoms with van der Waals surface area (Å²) in [6.07, 6.45) is 1.30. The van der Waals surface area contributed by atoms with Gasteiger partial charge in [-0.15, -0.1) is 0 Å². The Labute approximate surface area is 144 Å². The molecular formula is C16H20N2O7. The summed E-state index contributed by atoms with van der Waals surface area (Å²) < 4.78 is 10.4. The van der Waals surface area contributed by atoms with Gasteiger partial charge in [-0.1, -0.05) is 0 Å². The lowest BCUT2D eigenvalue weighted by Crippen LogP contribution is -2.33. The molecule has 2 N–H and O–H groups in total. The molecule has 0 saturated heterocycles. The smallest absolute Gasteiger partial charge is 0.306 e. The quantitative estimate of drug-likeness (QED) is 0.567. The van der Waals surface area contributed by atoms with E-state index in [9.17, 15) is 19.7 Å². The molecule has 1 fully saturated rings. The van der Waals surface area contributed by atoms with Gasteiger partial charge >= 0.3 is 5.97 Å². The first-order chi connectivity index (χ1) is 11.9. The van der Waals surface area contributed by atoms with E-state index in [-0.39, 0.29) is 23.1 Å². The van der Waals surface area contributed by atoms with Crippen LogP contribution < -0.4 is 14.8 Å². The Morgan fingerprint density at radius 3 is 2.60 bits per heavy atom. The Bertz CT molecular complexity index is 689. The number of aliphatic carboxylic acids is 1. The topological polar surface area (TPSA) is 128 Å². The molecule has 0 bridgehead atoms. The predicted octanol–water partition coefficient (Wildman–Crippen LogP) is 1.99. The van der Waals surface area contributed by atoms with Gasteiger partial charge in [0.25, 0.3) is 11.6 Å². The molecule has 1 aliphatic carbocycles. The van der Waals surface area contributed by atoms with Crippen molar-refractivity contribution in [3.8, 4) is 11.5 Å². The van der Waals surface area contributed by atoms with Crippen molar-refractivity contribution in [2.24, 2.45) is 5.92 Å². The number of carboxylic acids is 1. The molecule has 0 radical (unpaired) electrons. The number of nitro groups is 1. The SMILES string of the molecule is CCOc1cc(C(=O)N[C@H]2CC[C@@H](C(=O)O)C2)c([N+](=O)[O-])cc1OC. The van der Waals surface area contributed by atoms with E-state index >= 15 is 0 Å². The van der Waals surface area contributed by atoms with Gasteiger partial charge in [-0.25, -0.2) is 0 Å². The van der Waals surface area contributed by atoms with Gasteiger partial charge in [-0.05, 0) is 26.2 Å². The van der Waals surface area contributed by atoms with E-state index in [0.717, 1.165) is 6.07 Å². The number of methoxy groups -OCH3 is 1. The van der Waals surface area contributed by atoms with E-state index in [1.54, 1.807) is 6.92 Å². The van der Waals surface area contributed by atoms with Crippen LogP contribution in [0.3, 0.4) is 0 Å². The summed E-state index contributed by atoms with van der Waals surface area (Å²) in [5.41, 5.74) is -0.543. The zero-order valence-electron chi connectivity index (χ0n) is 14.0. The normalized spacial score (nSPS) is 19.3. The number of hydrogen-bond acceptors (Lipinski definition) is 6. The molecule has 9 nitrogen and oxygen atoms in total. The fraction of sp³-hybridized carbons (Fsp3) is 0.500. The predicted molar refractivity (Wildman–Crippen MR) is 87.0 cm³/mol. The minimum absolute atomic E-state index is 0.145.